The fraction of sp³-hybridized carbons (Fsp3) is 0.450. The largest absolute Gasteiger partial charge is 0.492 e. The molecule has 1 fully saturated rings. The highest BCUT2D eigenvalue weighted by Crippen LogP contribution is 2.37. The molecule has 6 heteroatoms. The number of nitrogens with zero attached hydrogens (tertiary/aromatic N) is 4. The number of carbonyl (C=O) groups is 1. The minimum absolute atomic E-state index is 0.172. The summed E-state index contributed by atoms with van der Waals surface area (Å²) in [5.74, 6) is 2.56. The zero-order valence-corrected chi connectivity index (χ0v) is 15.5. The Morgan fingerprint density at radius 1 is 1.12 bits per heavy atom. The highest BCUT2D eigenvalue weighted by atomic mass is 16.5. The molecule has 0 aliphatic carbocycles. The van der Waals surface area contributed by atoms with Gasteiger partial charge in [-0.25, -0.2) is 9.97 Å². The summed E-state index contributed by atoms with van der Waals surface area (Å²) in [7, 11) is 0. The van der Waals surface area contributed by atoms with Crippen LogP contribution in [0.5, 0.6) is 5.75 Å². The predicted molar refractivity (Wildman–Crippen MR) is 99.7 cm³/mol. The molecule has 1 atom stereocenters. The second-order valence-corrected chi connectivity index (χ2v) is 7.11. The molecule has 1 amide bonds. The van der Waals surface area contributed by atoms with Gasteiger partial charge in [0, 0.05) is 37.9 Å². The van der Waals surface area contributed by atoms with Gasteiger partial charge in [-0.05, 0) is 44.0 Å². The van der Waals surface area contributed by atoms with E-state index in [0.29, 0.717) is 19.7 Å². The van der Waals surface area contributed by atoms with Crippen LogP contribution in [0.25, 0.3) is 0 Å². The molecular formula is C20H24N4O2. The number of hydrogen-bond donors (Lipinski definition) is 0. The molecule has 0 spiro atoms. The first-order chi connectivity index (χ1) is 12.5. The first-order valence-electron chi connectivity index (χ1n) is 9.10. The Bertz CT molecular complexity index is 844. The summed E-state index contributed by atoms with van der Waals surface area (Å²) >= 11 is 0. The number of anilines is 1. The van der Waals surface area contributed by atoms with Crippen LogP contribution in [0.3, 0.4) is 0 Å². The number of benzene rings is 1. The van der Waals surface area contributed by atoms with Crippen molar-refractivity contribution in [3.63, 3.8) is 0 Å². The smallest absolute Gasteiger partial charge is 0.233 e. The Balaban J connectivity index is 1.45. The number of piperazine rings is 1. The molecule has 6 nitrogen and oxygen atoms in total. The third kappa shape index (κ3) is 3.00. The predicted octanol–water partition coefficient (Wildman–Crippen LogP) is 2.23. The molecule has 1 unspecified atom stereocenters. The fourth-order valence-electron chi connectivity index (χ4n) is 3.67. The maximum absolute atomic E-state index is 13.1. The van der Waals surface area contributed by atoms with Crippen LogP contribution in [-0.4, -0.2) is 53.6 Å². The van der Waals surface area contributed by atoms with Crippen molar-refractivity contribution < 1.29 is 9.53 Å². The topological polar surface area (TPSA) is 58.6 Å². The summed E-state index contributed by atoms with van der Waals surface area (Å²) in [4.78, 5) is 25.9. The lowest BCUT2D eigenvalue weighted by Gasteiger charge is -2.36. The monoisotopic (exact) mass is 352 g/mol. The zero-order chi connectivity index (χ0) is 18.3. The molecule has 0 radical (unpaired) electrons. The summed E-state index contributed by atoms with van der Waals surface area (Å²) in [5.41, 5.74) is 3.44. The Labute approximate surface area is 153 Å². The molecule has 2 aliphatic rings. The van der Waals surface area contributed by atoms with Gasteiger partial charge in [0.2, 0.25) is 5.91 Å². The minimum Gasteiger partial charge on any atom is -0.492 e. The third-order valence-corrected chi connectivity index (χ3v) is 5.38. The SMILES string of the molecule is Cc1nccc(N2CCN(C(=O)C3COc4cc(C)c(C)cc43)CC2)n1. The summed E-state index contributed by atoms with van der Waals surface area (Å²) < 4.78 is 5.79. The first kappa shape index (κ1) is 16.8. The molecule has 3 heterocycles. The molecule has 2 aliphatic heterocycles. The Morgan fingerprint density at radius 3 is 2.58 bits per heavy atom. The maximum Gasteiger partial charge on any atom is 0.233 e. The van der Waals surface area contributed by atoms with E-state index in [1.54, 1.807) is 6.20 Å². The Morgan fingerprint density at radius 2 is 1.85 bits per heavy atom. The molecule has 1 aromatic carbocycles. The van der Waals surface area contributed by atoms with Gasteiger partial charge in [0.15, 0.2) is 0 Å². The number of carbonyl (C=O) groups excluding carboxylic acids is 1. The molecule has 0 saturated carbocycles. The molecular weight excluding hydrogens is 328 g/mol. The lowest BCUT2D eigenvalue weighted by atomic mass is 9.95. The van der Waals surface area contributed by atoms with Crippen LogP contribution in [0.15, 0.2) is 24.4 Å². The summed E-state index contributed by atoms with van der Waals surface area (Å²) in [6.45, 7) is 9.48. The van der Waals surface area contributed by atoms with Crippen LogP contribution < -0.4 is 9.64 Å². The van der Waals surface area contributed by atoms with Crippen molar-refractivity contribution in [1.29, 1.82) is 0 Å². The van der Waals surface area contributed by atoms with Crippen molar-refractivity contribution in [3.05, 3.63) is 46.9 Å². The Kier molecular flexibility index (Phi) is 4.26. The number of amides is 1. The van der Waals surface area contributed by atoms with Crippen LogP contribution in [-0.2, 0) is 4.79 Å². The van der Waals surface area contributed by atoms with Crippen molar-refractivity contribution in [2.75, 3.05) is 37.7 Å². The van der Waals surface area contributed by atoms with Crippen molar-refractivity contribution >= 4 is 11.7 Å². The molecule has 136 valence electrons. The van der Waals surface area contributed by atoms with Crippen molar-refractivity contribution in [2.24, 2.45) is 0 Å². The highest BCUT2D eigenvalue weighted by molar-refractivity contribution is 5.86. The number of aryl methyl sites for hydroxylation is 3. The Hall–Kier alpha value is -2.63. The zero-order valence-electron chi connectivity index (χ0n) is 15.5. The highest BCUT2D eigenvalue weighted by Gasteiger charge is 2.35. The van der Waals surface area contributed by atoms with Crippen molar-refractivity contribution in [3.8, 4) is 5.75 Å². The van der Waals surface area contributed by atoms with E-state index in [1.165, 1.54) is 11.1 Å². The number of hydrogen-bond acceptors (Lipinski definition) is 5. The standard InChI is InChI=1S/C20H24N4O2/c1-13-10-16-17(12-26-18(16)11-14(13)2)20(25)24-8-6-23(7-9-24)19-4-5-21-15(3)22-19/h4-5,10-11,17H,6-9,12H2,1-3H3. The van der Waals surface area contributed by atoms with Crippen LogP contribution >= 0.6 is 0 Å². The van der Waals surface area contributed by atoms with E-state index < -0.39 is 0 Å². The number of ether oxygens (including phenoxy) is 1. The van der Waals surface area contributed by atoms with Gasteiger partial charge in [-0.3, -0.25) is 4.79 Å². The van der Waals surface area contributed by atoms with Gasteiger partial charge in [-0.15, -0.1) is 0 Å². The minimum atomic E-state index is -0.183. The van der Waals surface area contributed by atoms with E-state index in [2.05, 4.69) is 34.8 Å². The van der Waals surface area contributed by atoms with Gasteiger partial charge < -0.3 is 14.5 Å². The molecule has 0 N–H and O–H groups in total. The van der Waals surface area contributed by atoms with Gasteiger partial charge in [-0.2, -0.15) is 0 Å². The second-order valence-electron chi connectivity index (χ2n) is 7.11. The number of fused-ring (bicyclic) bond motifs is 1. The third-order valence-electron chi connectivity index (χ3n) is 5.38. The van der Waals surface area contributed by atoms with E-state index in [1.807, 2.05) is 24.0 Å². The summed E-state index contributed by atoms with van der Waals surface area (Å²) in [6.07, 6.45) is 1.78. The molecule has 2 aromatic rings. The second kappa shape index (κ2) is 6.59. The molecule has 1 aromatic heterocycles. The average molecular weight is 352 g/mol. The van der Waals surface area contributed by atoms with Crippen molar-refractivity contribution in [1.82, 2.24) is 14.9 Å². The molecule has 0 bridgehead atoms. The maximum atomic E-state index is 13.1. The van der Waals surface area contributed by atoms with E-state index in [4.69, 9.17) is 4.74 Å². The first-order valence-corrected chi connectivity index (χ1v) is 9.10. The normalized spacial score (nSPS) is 19.3. The van der Waals surface area contributed by atoms with Crippen LogP contribution in [0.4, 0.5) is 5.82 Å². The van der Waals surface area contributed by atoms with Gasteiger partial charge in [0.05, 0.1) is 0 Å². The number of rotatable bonds is 2. The van der Waals surface area contributed by atoms with E-state index in [0.717, 1.165) is 36.0 Å². The average Bonchev–Trinajstić information content (AvgIpc) is 3.04. The lowest BCUT2D eigenvalue weighted by molar-refractivity contribution is -0.133. The van der Waals surface area contributed by atoms with E-state index >= 15 is 0 Å². The fourth-order valence-corrected chi connectivity index (χ4v) is 3.67. The number of aromatic nitrogens is 2. The van der Waals surface area contributed by atoms with E-state index in [9.17, 15) is 4.79 Å². The van der Waals surface area contributed by atoms with Gasteiger partial charge in [-0.1, -0.05) is 6.07 Å². The molecule has 26 heavy (non-hydrogen) atoms. The van der Waals surface area contributed by atoms with Gasteiger partial charge in [0.25, 0.3) is 0 Å². The summed E-state index contributed by atoms with van der Waals surface area (Å²) in [6, 6.07) is 6.09. The molecule has 1 saturated heterocycles. The van der Waals surface area contributed by atoms with Crippen molar-refractivity contribution in [2.45, 2.75) is 26.7 Å². The van der Waals surface area contributed by atoms with Crippen LogP contribution in [0.1, 0.15) is 28.4 Å². The van der Waals surface area contributed by atoms with Crippen LogP contribution in [0.2, 0.25) is 0 Å². The van der Waals surface area contributed by atoms with Crippen LogP contribution in [0, 0.1) is 20.8 Å². The summed E-state index contributed by atoms with van der Waals surface area (Å²) in [5, 5.41) is 0. The van der Waals surface area contributed by atoms with E-state index in [-0.39, 0.29) is 11.8 Å². The quantitative estimate of drug-likeness (QED) is 0.829. The lowest BCUT2D eigenvalue weighted by Crippen LogP contribution is -2.50. The molecule has 4 rings (SSSR count). The van der Waals surface area contributed by atoms with Gasteiger partial charge >= 0.3 is 0 Å². The van der Waals surface area contributed by atoms with Gasteiger partial charge in [0.1, 0.15) is 29.9 Å².